The van der Waals surface area contributed by atoms with Crippen LogP contribution in [-0.4, -0.2) is 53.7 Å². The van der Waals surface area contributed by atoms with Crippen molar-refractivity contribution in [3.8, 4) is 0 Å². The minimum Gasteiger partial charge on any atom is -0.314 e. The molecule has 2 aliphatic rings. The molecule has 2 amide bonds. The lowest BCUT2D eigenvalue weighted by Crippen LogP contribution is -2.52. The Morgan fingerprint density at radius 1 is 1.35 bits per heavy atom. The summed E-state index contributed by atoms with van der Waals surface area (Å²) in [4.78, 5) is 28.6. The molecule has 0 spiro atoms. The second-order valence-corrected chi connectivity index (χ2v) is 5.58. The molecular formula is C12H15N5O2S. The van der Waals surface area contributed by atoms with Gasteiger partial charge in [-0.25, -0.2) is 9.99 Å². The molecule has 1 aromatic rings. The minimum atomic E-state index is -0.250. The lowest BCUT2D eigenvalue weighted by atomic mass is 10.3. The van der Waals surface area contributed by atoms with E-state index in [4.69, 9.17) is 0 Å². The Morgan fingerprint density at radius 2 is 2.15 bits per heavy atom. The van der Waals surface area contributed by atoms with Crippen LogP contribution in [0.4, 0.5) is 5.82 Å². The van der Waals surface area contributed by atoms with Gasteiger partial charge in [0, 0.05) is 26.2 Å². The highest BCUT2D eigenvalue weighted by Crippen LogP contribution is 2.29. The number of fused-ring (bicyclic) bond motifs is 1. The monoisotopic (exact) mass is 293 g/mol. The number of hydrazine groups is 1. The predicted molar refractivity (Wildman–Crippen MR) is 75.5 cm³/mol. The number of carbonyl (C=O) groups is 2. The Bertz CT molecular complexity index is 545. The SMILES string of the molecule is O=C1CSc2ccc(C(=O)NN3CCNCC3)nc2N1. The van der Waals surface area contributed by atoms with Gasteiger partial charge in [0.1, 0.15) is 11.5 Å². The first kappa shape index (κ1) is 13.3. The lowest BCUT2D eigenvalue weighted by molar-refractivity contribution is -0.113. The molecule has 2 aliphatic heterocycles. The highest BCUT2D eigenvalue weighted by atomic mass is 32.2. The lowest BCUT2D eigenvalue weighted by Gasteiger charge is -2.27. The molecule has 3 rings (SSSR count). The van der Waals surface area contributed by atoms with Crippen LogP contribution in [0.5, 0.6) is 0 Å². The van der Waals surface area contributed by atoms with E-state index in [2.05, 4.69) is 21.0 Å². The Labute approximate surface area is 120 Å². The molecule has 0 atom stereocenters. The van der Waals surface area contributed by atoms with Crippen molar-refractivity contribution in [3.63, 3.8) is 0 Å². The van der Waals surface area contributed by atoms with Gasteiger partial charge in [0.05, 0.1) is 10.6 Å². The van der Waals surface area contributed by atoms with E-state index in [0.29, 0.717) is 17.3 Å². The van der Waals surface area contributed by atoms with Crippen molar-refractivity contribution >= 4 is 29.4 Å². The molecule has 3 N–H and O–H groups in total. The van der Waals surface area contributed by atoms with E-state index in [0.717, 1.165) is 31.1 Å². The normalized spacial score (nSPS) is 19.1. The largest absolute Gasteiger partial charge is 0.314 e. The van der Waals surface area contributed by atoms with E-state index in [9.17, 15) is 9.59 Å². The van der Waals surface area contributed by atoms with Crippen molar-refractivity contribution < 1.29 is 9.59 Å². The zero-order chi connectivity index (χ0) is 13.9. The third kappa shape index (κ3) is 2.92. The van der Waals surface area contributed by atoms with Crippen LogP contribution in [0.1, 0.15) is 10.5 Å². The van der Waals surface area contributed by atoms with Crippen LogP contribution >= 0.6 is 11.8 Å². The van der Waals surface area contributed by atoms with Crippen LogP contribution in [0, 0.1) is 0 Å². The van der Waals surface area contributed by atoms with Crippen LogP contribution < -0.4 is 16.1 Å². The Morgan fingerprint density at radius 3 is 2.95 bits per heavy atom. The topological polar surface area (TPSA) is 86.4 Å². The molecule has 0 aromatic carbocycles. The number of pyridine rings is 1. The summed E-state index contributed by atoms with van der Waals surface area (Å²) in [6.07, 6.45) is 0. The molecule has 1 fully saturated rings. The number of carbonyl (C=O) groups excluding carboxylic acids is 2. The molecule has 3 heterocycles. The summed E-state index contributed by atoms with van der Waals surface area (Å²) in [7, 11) is 0. The Kier molecular flexibility index (Phi) is 3.86. The van der Waals surface area contributed by atoms with Gasteiger partial charge >= 0.3 is 0 Å². The Balaban J connectivity index is 1.71. The van der Waals surface area contributed by atoms with E-state index in [1.54, 1.807) is 6.07 Å². The van der Waals surface area contributed by atoms with Crippen molar-refractivity contribution in [1.29, 1.82) is 0 Å². The molecule has 8 heteroatoms. The van der Waals surface area contributed by atoms with Gasteiger partial charge in [-0.1, -0.05) is 0 Å². The number of thioether (sulfide) groups is 1. The van der Waals surface area contributed by atoms with Crippen LogP contribution in [0.3, 0.4) is 0 Å². The number of rotatable bonds is 2. The van der Waals surface area contributed by atoms with Gasteiger partial charge in [0.2, 0.25) is 5.91 Å². The zero-order valence-corrected chi connectivity index (χ0v) is 11.6. The third-order valence-electron chi connectivity index (χ3n) is 3.08. The fourth-order valence-electron chi connectivity index (χ4n) is 2.07. The molecule has 0 saturated carbocycles. The van der Waals surface area contributed by atoms with Crippen molar-refractivity contribution in [2.75, 3.05) is 37.2 Å². The number of anilines is 1. The maximum atomic E-state index is 12.1. The molecule has 0 radical (unpaired) electrons. The van der Waals surface area contributed by atoms with Gasteiger partial charge in [0.15, 0.2) is 0 Å². The van der Waals surface area contributed by atoms with Gasteiger partial charge in [-0.15, -0.1) is 11.8 Å². The molecular weight excluding hydrogens is 278 g/mol. The highest BCUT2D eigenvalue weighted by Gasteiger charge is 2.20. The zero-order valence-electron chi connectivity index (χ0n) is 10.8. The number of nitrogens with zero attached hydrogens (tertiary/aromatic N) is 2. The summed E-state index contributed by atoms with van der Waals surface area (Å²) in [5, 5.41) is 7.77. The second kappa shape index (κ2) is 5.78. The predicted octanol–water partition coefficient (Wildman–Crippen LogP) is -0.324. The number of nitrogens with one attached hydrogen (secondary N) is 3. The summed E-state index contributed by atoms with van der Waals surface area (Å²) < 4.78 is 0. The quantitative estimate of drug-likeness (QED) is 0.692. The van der Waals surface area contributed by atoms with Crippen molar-refractivity contribution in [2.45, 2.75) is 4.90 Å². The maximum Gasteiger partial charge on any atom is 0.284 e. The van der Waals surface area contributed by atoms with E-state index in [-0.39, 0.29) is 11.8 Å². The Hall–Kier alpha value is -1.64. The molecule has 0 unspecified atom stereocenters. The van der Waals surface area contributed by atoms with Gasteiger partial charge in [0.25, 0.3) is 5.91 Å². The van der Waals surface area contributed by atoms with Gasteiger partial charge in [-0.05, 0) is 12.1 Å². The summed E-state index contributed by atoms with van der Waals surface area (Å²) in [5.74, 6) is 0.523. The van der Waals surface area contributed by atoms with E-state index in [1.165, 1.54) is 11.8 Å². The number of piperazine rings is 1. The number of aromatic nitrogens is 1. The summed E-state index contributed by atoms with van der Waals surface area (Å²) in [5.41, 5.74) is 3.14. The second-order valence-electron chi connectivity index (χ2n) is 4.56. The summed E-state index contributed by atoms with van der Waals surface area (Å²) in [6, 6.07) is 3.50. The van der Waals surface area contributed by atoms with Gasteiger partial charge in [-0.3, -0.25) is 15.0 Å². The molecule has 7 nitrogen and oxygen atoms in total. The number of amides is 2. The summed E-state index contributed by atoms with van der Waals surface area (Å²) >= 11 is 1.43. The first-order valence-electron chi connectivity index (χ1n) is 6.43. The van der Waals surface area contributed by atoms with E-state index >= 15 is 0 Å². The molecule has 20 heavy (non-hydrogen) atoms. The summed E-state index contributed by atoms with van der Waals surface area (Å²) in [6.45, 7) is 3.24. The molecule has 1 aromatic heterocycles. The van der Waals surface area contributed by atoms with Crippen molar-refractivity contribution in [1.82, 2.24) is 20.7 Å². The highest BCUT2D eigenvalue weighted by molar-refractivity contribution is 8.00. The molecule has 0 aliphatic carbocycles. The van der Waals surface area contributed by atoms with Crippen LogP contribution in [-0.2, 0) is 4.79 Å². The van der Waals surface area contributed by atoms with Crippen molar-refractivity contribution in [2.24, 2.45) is 0 Å². The fraction of sp³-hybridized carbons (Fsp3) is 0.417. The smallest absolute Gasteiger partial charge is 0.284 e. The van der Waals surface area contributed by atoms with Crippen LogP contribution in [0.15, 0.2) is 17.0 Å². The van der Waals surface area contributed by atoms with Gasteiger partial charge in [-0.2, -0.15) is 0 Å². The molecule has 0 bridgehead atoms. The van der Waals surface area contributed by atoms with E-state index in [1.807, 2.05) is 11.1 Å². The van der Waals surface area contributed by atoms with Crippen LogP contribution in [0.2, 0.25) is 0 Å². The first-order chi connectivity index (χ1) is 9.72. The van der Waals surface area contributed by atoms with Gasteiger partial charge < -0.3 is 10.6 Å². The third-order valence-corrected chi connectivity index (χ3v) is 4.13. The van der Waals surface area contributed by atoms with E-state index < -0.39 is 0 Å². The average molecular weight is 293 g/mol. The standard InChI is InChI=1S/C12H15N5O2S/c18-10-7-20-9-2-1-8(14-11(9)15-10)12(19)16-17-5-3-13-4-6-17/h1-2,13H,3-7H2,(H,16,19)(H,14,15,18). The number of hydrogen-bond acceptors (Lipinski definition) is 6. The van der Waals surface area contributed by atoms with Crippen LogP contribution in [0.25, 0.3) is 0 Å². The maximum absolute atomic E-state index is 12.1. The molecule has 106 valence electrons. The first-order valence-corrected chi connectivity index (χ1v) is 7.41. The fourth-order valence-corrected chi connectivity index (χ4v) is 2.82. The minimum absolute atomic E-state index is 0.0883. The van der Waals surface area contributed by atoms with Crippen molar-refractivity contribution in [3.05, 3.63) is 17.8 Å². The average Bonchev–Trinajstić information content (AvgIpc) is 2.47. The molecule has 1 saturated heterocycles. The number of hydrogen-bond donors (Lipinski definition) is 3.